The lowest BCUT2D eigenvalue weighted by molar-refractivity contribution is 0.0595. The summed E-state index contributed by atoms with van der Waals surface area (Å²) in [7, 11) is -2.28. The van der Waals surface area contributed by atoms with Crippen molar-refractivity contribution in [2.75, 3.05) is 13.7 Å². The first-order valence-electron chi connectivity index (χ1n) is 6.25. The quantitative estimate of drug-likeness (QED) is 0.851. The van der Waals surface area contributed by atoms with Gasteiger partial charge in [0.05, 0.1) is 7.11 Å². The van der Waals surface area contributed by atoms with Crippen LogP contribution < -0.4 is 0 Å². The van der Waals surface area contributed by atoms with Crippen LogP contribution in [0.4, 0.5) is 0 Å². The van der Waals surface area contributed by atoms with Gasteiger partial charge >= 0.3 is 5.97 Å². The minimum absolute atomic E-state index is 0.00442. The number of hydrogen-bond donors (Lipinski definition) is 1. The van der Waals surface area contributed by atoms with Crippen molar-refractivity contribution in [1.29, 1.82) is 0 Å². The number of methoxy groups -OCH3 is 1. The number of esters is 1. The smallest absolute Gasteiger partial charge is 0.354 e. The molecule has 1 saturated heterocycles. The molecule has 1 atom stereocenters. The molecule has 19 heavy (non-hydrogen) atoms. The highest BCUT2D eigenvalue weighted by atomic mass is 32.2. The number of nitrogens with zero attached hydrogens (tertiary/aromatic N) is 1. The van der Waals surface area contributed by atoms with Crippen LogP contribution in [-0.4, -0.2) is 43.4 Å². The summed E-state index contributed by atoms with van der Waals surface area (Å²) in [5, 5.41) is 0. The van der Waals surface area contributed by atoms with E-state index < -0.39 is 16.0 Å². The largest absolute Gasteiger partial charge is 0.464 e. The molecule has 1 fully saturated rings. The maximum absolute atomic E-state index is 12.5. The monoisotopic (exact) mass is 286 g/mol. The van der Waals surface area contributed by atoms with E-state index in [2.05, 4.69) is 9.72 Å². The van der Waals surface area contributed by atoms with Crippen LogP contribution in [0, 0.1) is 0 Å². The molecule has 0 unspecified atom stereocenters. The number of carbonyl (C=O) groups excluding carboxylic acids is 1. The summed E-state index contributed by atoms with van der Waals surface area (Å²) < 4.78 is 31.0. The first-order valence-corrected chi connectivity index (χ1v) is 7.69. The van der Waals surface area contributed by atoms with E-state index in [4.69, 9.17) is 0 Å². The highest BCUT2D eigenvalue weighted by Gasteiger charge is 2.32. The second-order valence-electron chi connectivity index (χ2n) is 4.70. The van der Waals surface area contributed by atoms with Gasteiger partial charge in [0.2, 0.25) is 10.0 Å². The summed E-state index contributed by atoms with van der Waals surface area (Å²) in [6, 6.07) is 1.32. The molecule has 1 aromatic rings. The average Bonchev–Trinajstić information content (AvgIpc) is 2.88. The summed E-state index contributed by atoms with van der Waals surface area (Å²) >= 11 is 0. The molecule has 2 heterocycles. The van der Waals surface area contributed by atoms with Gasteiger partial charge in [-0.15, -0.1) is 0 Å². The number of hydrogen-bond acceptors (Lipinski definition) is 4. The van der Waals surface area contributed by atoms with Crippen molar-refractivity contribution in [1.82, 2.24) is 9.29 Å². The summed E-state index contributed by atoms with van der Waals surface area (Å²) in [6.07, 6.45) is 4.13. The summed E-state index contributed by atoms with van der Waals surface area (Å²) in [6.45, 7) is 2.44. The van der Waals surface area contributed by atoms with Crippen molar-refractivity contribution >= 4 is 16.0 Å². The van der Waals surface area contributed by atoms with Gasteiger partial charge in [-0.1, -0.05) is 6.42 Å². The van der Waals surface area contributed by atoms with Crippen LogP contribution >= 0.6 is 0 Å². The molecule has 0 aromatic carbocycles. The first-order chi connectivity index (χ1) is 8.96. The zero-order valence-corrected chi connectivity index (χ0v) is 11.9. The first kappa shape index (κ1) is 14.1. The lowest BCUT2D eigenvalue weighted by Crippen LogP contribution is -2.41. The van der Waals surface area contributed by atoms with Crippen molar-refractivity contribution in [3.05, 3.63) is 18.0 Å². The van der Waals surface area contributed by atoms with Crippen LogP contribution in [0.15, 0.2) is 17.2 Å². The molecule has 0 aliphatic carbocycles. The van der Waals surface area contributed by atoms with Gasteiger partial charge in [0.25, 0.3) is 0 Å². The summed E-state index contributed by atoms with van der Waals surface area (Å²) in [5.41, 5.74) is 0.144. The van der Waals surface area contributed by atoms with Gasteiger partial charge < -0.3 is 9.72 Å². The molecule has 1 aliphatic heterocycles. The molecular formula is C12H18N2O4S. The van der Waals surface area contributed by atoms with Crippen molar-refractivity contribution < 1.29 is 17.9 Å². The van der Waals surface area contributed by atoms with E-state index in [1.165, 1.54) is 23.7 Å². The maximum atomic E-state index is 12.5. The molecule has 6 nitrogen and oxygen atoms in total. The number of ether oxygens (including phenoxy) is 1. The molecule has 1 aromatic heterocycles. The number of sulfonamides is 1. The molecule has 0 saturated carbocycles. The van der Waals surface area contributed by atoms with Gasteiger partial charge in [0.1, 0.15) is 10.6 Å². The molecule has 106 valence electrons. The van der Waals surface area contributed by atoms with Crippen LogP contribution in [0.2, 0.25) is 0 Å². The molecule has 1 N–H and O–H groups in total. The number of rotatable bonds is 3. The number of piperidine rings is 1. The standard InChI is InChI=1S/C12H18N2O4S/c1-9-5-3-4-6-14(9)19(16,17)10-7-11(13-8-10)12(15)18-2/h7-9,13H,3-6H2,1-2H3/t9-/m0/s1. The Morgan fingerprint density at radius 1 is 1.47 bits per heavy atom. The highest BCUT2D eigenvalue weighted by molar-refractivity contribution is 7.89. The van der Waals surface area contributed by atoms with E-state index in [1.54, 1.807) is 0 Å². The fourth-order valence-corrected chi connectivity index (χ4v) is 4.01. The predicted octanol–water partition coefficient (Wildman–Crippen LogP) is 1.36. The van der Waals surface area contributed by atoms with E-state index in [-0.39, 0.29) is 16.6 Å². The van der Waals surface area contributed by atoms with Crippen molar-refractivity contribution in [3.63, 3.8) is 0 Å². The van der Waals surface area contributed by atoms with Gasteiger partial charge in [-0.2, -0.15) is 4.31 Å². The Bertz CT molecular complexity index is 564. The number of nitrogens with one attached hydrogen (secondary N) is 1. The van der Waals surface area contributed by atoms with Crippen molar-refractivity contribution in [3.8, 4) is 0 Å². The molecule has 0 radical (unpaired) electrons. The molecule has 7 heteroatoms. The molecule has 1 aliphatic rings. The Kier molecular flexibility index (Phi) is 3.96. The third-order valence-corrected chi connectivity index (χ3v) is 5.40. The Morgan fingerprint density at radius 2 is 2.21 bits per heavy atom. The van der Waals surface area contributed by atoms with Gasteiger partial charge in [-0.25, -0.2) is 13.2 Å². The third-order valence-electron chi connectivity index (χ3n) is 3.41. The molecule has 0 bridgehead atoms. The molecule has 0 amide bonds. The normalized spacial score (nSPS) is 21.3. The highest BCUT2D eigenvalue weighted by Crippen LogP contribution is 2.25. The third kappa shape index (κ3) is 2.66. The van der Waals surface area contributed by atoms with E-state index in [9.17, 15) is 13.2 Å². The predicted molar refractivity (Wildman–Crippen MR) is 69.3 cm³/mol. The van der Waals surface area contributed by atoms with E-state index in [1.807, 2.05) is 6.92 Å². The van der Waals surface area contributed by atoms with Crippen LogP contribution in [-0.2, 0) is 14.8 Å². The molecule has 2 rings (SSSR count). The van der Waals surface area contributed by atoms with E-state index >= 15 is 0 Å². The molecular weight excluding hydrogens is 268 g/mol. The number of carbonyl (C=O) groups is 1. The summed E-state index contributed by atoms with van der Waals surface area (Å²) in [4.78, 5) is 14.1. The van der Waals surface area contributed by atoms with Crippen LogP contribution in [0.5, 0.6) is 0 Å². The van der Waals surface area contributed by atoms with Crippen molar-refractivity contribution in [2.24, 2.45) is 0 Å². The number of H-pyrrole nitrogens is 1. The average molecular weight is 286 g/mol. The second-order valence-corrected chi connectivity index (χ2v) is 6.59. The second kappa shape index (κ2) is 5.34. The zero-order valence-electron chi connectivity index (χ0n) is 11.0. The maximum Gasteiger partial charge on any atom is 0.354 e. The van der Waals surface area contributed by atoms with Gasteiger partial charge in [0.15, 0.2) is 0 Å². The van der Waals surface area contributed by atoms with Crippen molar-refractivity contribution in [2.45, 2.75) is 37.1 Å². The lowest BCUT2D eigenvalue weighted by atomic mass is 10.1. The fourth-order valence-electron chi connectivity index (χ4n) is 2.32. The fraction of sp³-hybridized carbons (Fsp3) is 0.583. The van der Waals surface area contributed by atoms with E-state index in [0.717, 1.165) is 19.3 Å². The Morgan fingerprint density at radius 3 is 2.84 bits per heavy atom. The van der Waals surface area contributed by atoms with Gasteiger partial charge in [-0.05, 0) is 25.8 Å². The Balaban J connectivity index is 2.28. The Labute approximate surface area is 112 Å². The van der Waals surface area contributed by atoms with E-state index in [0.29, 0.717) is 6.54 Å². The zero-order chi connectivity index (χ0) is 14.0. The van der Waals surface area contributed by atoms with Crippen LogP contribution in [0.3, 0.4) is 0 Å². The Hall–Kier alpha value is -1.34. The number of aromatic nitrogens is 1. The minimum atomic E-state index is -3.54. The summed E-state index contributed by atoms with van der Waals surface area (Å²) in [5.74, 6) is -0.576. The number of aromatic amines is 1. The van der Waals surface area contributed by atoms with Crippen LogP contribution in [0.1, 0.15) is 36.7 Å². The minimum Gasteiger partial charge on any atom is -0.464 e. The lowest BCUT2D eigenvalue weighted by Gasteiger charge is -2.31. The SMILES string of the molecule is COC(=O)c1cc(S(=O)(=O)N2CCCC[C@@H]2C)c[nH]1. The van der Waals surface area contributed by atoms with Crippen LogP contribution in [0.25, 0.3) is 0 Å². The van der Waals surface area contributed by atoms with Gasteiger partial charge in [-0.3, -0.25) is 0 Å². The molecule has 0 spiro atoms. The van der Waals surface area contributed by atoms with Gasteiger partial charge in [0, 0.05) is 18.8 Å². The topological polar surface area (TPSA) is 79.5 Å².